The van der Waals surface area contributed by atoms with E-state index < -0.39 is 0 Å². The van der Waals surface area contributed by atoms with E-state index in [1.54, 1.807) is 7.11 Å². The zero-order chi connectivity index (χ0) is 11.1. The Hall–Kier alpha value is -0.380. The van der Waals surface area contributed by atoms with Crippen LogP contribution in [0.1, 0.15) is 18.9 Å². The van der Waals surface area contributed by atoms with Crippen LogP contribution in [0.25, 0.3) is 0 Å². The van der Waals surface area contributed by atoms with Crippen LogP contribution in [-0.2, 0) is 11.3 Å². The fourth-order valence-electron chi connectivity index (χ4n) is 1.32. The molecule has 2 nitrogen and oxygen atoms in total. The molecule has 0 saturated heterocycles. The summed E-state index contributed by atoms with van der Waals surface area (Å²) in [5, 5.41) is 3.46. The van der Waals surface area contributed by atoms with E-state index in [-0.39, 0.29) is 0 Å². The Labute approximate surface area is 100 Å². The number of hydrogen-bond acceptors (Lipinski definition) is 2. The molecule has 3 heteroatoms. The van der Waals surface area contributed by atoms with Crippen molar-refractivity contribution >= 4 is 15.9 Å². The van der Waals surface area contributed by atoms with E-state index in [1.807, 2.05) is 6.07 Å². The van der Waals surface area contributed by atoms with Gasteiger partial charge in [0, 0.05) is 30.8 Å². The third-order valence-corrected chi connectivity index (χ3v) is 3.13. The third-order valence-electron chi connectivity index (χ3n) is 2.35. The molecule has 0 heterocycles. The predicted octanol–water partition coefficient (Wildman–Crippen LogP) is 2.96. The highest BCUT2D eigenvalue weighted by atomic mass is 79.9. The summed E-state index contributed by atoms with van der Waals surface area (Å²) in [6.45, 7) is 3.88. The monoisotopic (exact) mass is 271 g/mol. The molecule has 1 aromatic carbocycles. The van der Waals surface area contributed by atoms with Crippen molar-refractivity contribution in [1.29, 1.82) is 0 Å². The van der Waals surface area contributed by atoms with Gasteiger partial charge in [-0.1, -0.05) is 34.1 Å². The summed E-state index contributed by atoms with van der Waals surface area (Å²) in [7, 11) is 1.74. The number of ether oxygens (including phenoxy) is 1. The van der Waals surface area contributed by atoms with Gasteiger partial charge in [0.05, 0.1) is 0 Å². The van der Waals surface area contributed by atoms with Gasteiger partial charge >= 0.3 is 0 Å². The smallest absolute Gasteiger partial charge is 0.0476 e. The first-order valence-corrected chi connectivity index (χ1v) is 5.99. The number of halogens is 1. The molecule has 0 saturated carbocycles. The first-order valence-electron chi connectivity index (χ1n) is 5.19. The van der Waals surface area contributed by atoms with Gasteiger partial charge in [-0.2, -0.15) is 0 Å². The van der Waals surface area contributed by atoms with Crippen LogP contribution in [0, 0.1) is 0 Å². The summed E-state index contributed by atoms with van der Waals surface area (Å²) in [5.41, 5.74) is 1.29. The molecule has 1 atom stereocenters. The van der Waals surface area contributed by atoms with E-state index >= 15 is 0 Å². The minimum absolute atomic E-state index is 0.483. The molecule has 0 fully saturated rings. The summed E-state index contributed by atoms with van der Waals surface area (Å²) in [5.74, 6) is 0. The van der Waals surface area contributed by atoms with E-state index in [2.05, 4.69) is 46.4 Å². The third kappa shape index (κ3) is 4.78. The largest absolute Gasteiger partial charge is 0.385 e. The van der Waals surface area contributed by atoms with Gasteiger partial charge in [0.1, 0.15) is 0 Å². The van der Waals surface area contributed by atoms with E-state index in [0.717, 1.165) is 24.0 Å². The molecule has 0 bridgehead atoms. The quantitative estimate of drug-likeness (QED) is 0.859. The molecule has 0 spiro atoms. The van der Waals surface area contributed by atoms with Crippen molar-refractivity contribution in [3.63, 3.8) is 0 Å². The number of nitrogens with one attached hydrogen (secondary N) is 1. The van der Waals surface area contributed by atoms with Crippen molar-refractivity contribution in [3.8, 4) is 0 Å². The summed E-state index contributed by atoms with van der Waals surface area (Å²) in [4.78, 5) is 0. The van der Waals surface area contributed by atoms with Crippen molar-refractivity contribution in [2.45, 2.75) is 25.9 Å². The summed E-state index contributed by atoms with van der Waals surface area (Å²) in [6.07, 6.45) is 1.04. The molecule has 84 valence electrons. The Bertz CT molecular complexity index is 291. The molecule has 1 rings (SSSR count). The predicted molar refractivity (Wildman–Crippen MR) is 66.9 cm³/mol. The molecule has 0 aromatic heterocycles. The molecule has 0 radical (unpaired) electrons. The Morgan fingerprint density at radius 1 is 1.40 bits per heavy atom. The zero-order valence-corrected chi connectivity index (χ0v) is 10.9. The van der Waals surface area contributed by atoms with Gasteiger partial charge in [-0.15, -0.1) is 0 Å². The first-order chi connectivity index (χ1) is 7.24. The van der Waals surface area contributed by atoms with Gasteiger partial charge in [-0.25, -0.2) is 0 Å². The zero-order valence-electron chi connectivity index (χ0n) is 9.29. The topological polar surface area (TPSA) is 21.3 Å². The normalized spacial score (nSPS) is 12.7. The molecule has 1 unspecified atom stereocenters. The number of benzene rings is 1. The van der Waals surface area contributed by atoms with Gasteiger partial charge in [0.2, 0.25) is 0 Å². The van der Waals surface area contributed by atoms with Crippen LogP contribution >= 0.6 is 15.9 Å². The second-order valence-corrected chi connectivity index (χ2v) is 4.51. The lowest BCUT2D eigenvalue weighted by molar-refractivity contribution is 0.184. The summed E-state index contributed by atoms with van der Waals surface area (Å²) in [6, 6.07) is 8.76. The maximum atomic E-state index is 5.04. The highest BCUT2D eigenvalue weighted by molar-refractivity contribution is 9.10. The Morgan fingerprint density at radius 3 is 2.80 bits per heavy atom. The summed E-state index contributed by atoms with van der Waals surface area (Å²) >= 11 is 3.53. The van der Waals surface area contributed by atoms with Crippen molar-refractivity contribution in [3.05, 3.63) is 34.3 Å². The van der Waals surface area contributed by atoms with Crippen LogP contribution in [0.15, 0.2) is 28.7 Å². The summed E-state index contributed by atoms with van der Waals surface area (Å²) < 4.78 is 6.20. The molecule has 15 heavy (non-hydrogen) atoms. The molecule has 0 amide bonds. The van der Waals surface area contributed by atoms with Crippen molar-refractivity contribution < 1.29 is 4.74 Å². The fourth-order valence-corrected chi connectivity index (χ4v) is 1.75. The highest BCUT2D eigenvalue weighted by Crippen LogP contribution is 2.15. The Balaban J connectivity index is 2.33. The number of methoxy groups -OCH3 is 1. The van der Waals surface area contributed by atoms with Crippen LogP contribution in [-0.4, -0.2) is 19.8 Å². The van der Waals surface area contributed by atoms with Crippen molar-refractivity contribution in [2.24, 2.45) is 0 Å². The molecule has 1 N–H and O–H groups in total. The van der Waals surface area contributed by atoms with Crippen molar-refractivity contribution in [1.82, 2.24) is 5.32 Å². The van der Waals surface area contributed by atoms with Crippen LogP contribution in [0.5, 0.6) is 0 Å². The first kappa shape index (κ1) is 12.7. The van der Waals surface area contributed by atoms with Crippen LogP contribution in [0.4, 0.5) is 0 Å². The lowest BCUT2D eigenvalue weighted by Gasteiger charge is -2.13. The highest BCUT2D eigenvalue weighted by Gasteiger charge is 2.02. The van der Waals surface area contributed by atoms with Gasteiger partial charge in [-0.3, -0.25) is 0 Å². The van der Waals surface area contributed by atoms with E-state index in [1.165, 1.54) is 5.56 Å². The molecule has 0 aliphatic carbocycles. The average Bonchev–Trinajstić information content (AvgIpc) is 2.25. The van der Waals surface area contributed by atoms with Crippen LogP contribution < -0.4 is 5.32 Å². The second kappa shape index (κ2) is 6.99. The molecular formula is C12H18BrNO. The average molecular weight is 272 g/mol. The number of hydrogen-bond donors (Lipinski definition) is 1. The fraction of sp³-hybridized carbons (Fsp3) is 0.500. The van der Waals surface area contributed by atoms with Crippen molar-refractivity contribution in [2.75, 3.05) is 13.7 Å². The van der Waals surface area contributed by atoms with E-state index in [0.29, 0.717) is 6.04 Å². The lowest BCUT2D eigenvalue weighted by atomic mass is 10.2. The van der Waals surface area contributed by atoms with Crippen LogP contribution in [0.3, 0.4) is 0 Å². The molecule has 1 aromatic rings. The second-order valence-electron chi connectivity index (χ2n) is 3.65. The molecule has 0 aliphatic rings. The van der Waals surface area contributed by atoms with Gasteiger partial charge in [0.25, 0.3) is 0 Å². The van der Waals surface area contributed by atoms with Gasteiger partial charge < -0.3 is 10.1 Å². The van der Waals surface area contributed by atoms with Gasteiger partial charge in [0.15, 0.2) is 0 Å². The SMILES string of the molecule is COCCC(C)NCc1ccccc1Br. The Kier molecular flexibility index (Phi) is 5.91. The minimum atomic E-state index is 0.483. The van der Waals surface area contributed by atoms with E-state index in [4.69, 9.17) is 4.74 Å². The van der Waals surface area contributed by atoms with E-state index in [9.17, 15) is 0 Å². The molecular weight excluding hydrogens is 254 g/mol. The minimum Gasteiger partial charge on any atom is -0.385 e. The maximum absolute atomic E-state index is 5.04. The van der Waals surface area contributed by atoms with Gasteiger partial charge in [-0.05, 0) is 25.0 Å². The number of rotatable bonds is 6. The Morgan fingerprint density at radius 2 is 2.13 bits per heavy atom. The standard InChI is InChI=1S/C12H18BrNO/c1-10(7-8-15-2)14-9-11-5-3-4-6-12(11)13/h3-6,10,14H,7-9H2,1-2H3. The van der Waals surface area contributed by atoms with Crippen LogP contribution in [0.2, 0.25) is 0 Å². The lowest BCUT2D eigenvalue weighted by Crippen LogP contribution is -2.26. The molecule has 0 aliphatic heterocycles. The maximum Gasteiger partial charge on any atom is 0.0476 e.